The van der Waals surface area contributed by atoms with Crippen molar-refractivity contribution in [3.63, 3.8) is 0 Å². The second-order valence-electron chi connectivity index (χ2n) is 7.84. The Morgan fingerprint density at radius 2 is 0.800 bits per heavy atom. The summed E-state index contributed by atoms with van der Waals surface area (Å²) in [5.74, 6) is 0. The van der Waals surface area contributed by atoms with Gasteiger partial charge in [0.2, 0.25) is 9.04 Å². The monoisotopic (exact) mass is 369 g/mol. The normalized spacial score (nSPS) is 11.5. The van der Waals surface area contributed by atoms with Gasteiger partial charge in [-0.05, 0) is 18.5 Å². The summed E-state index contributed by atoms with van der Waals surface area (Å²) in [5, 5.41) is 0. The van der Waals surface area contributed by atoms with Crippen molar-refractivity contribution in [3.8, 4) is 0 Å². The van der Waals surface area contributed by atoms with E-state index in [1.807, 2.05) is 0 Å². The van der Waals surface area contributed by atoms with Crippen LogP contribution < -0.4 is 0 Å². The first kappa shape index (κ1) is 25.2. The molecule has 0 bridgehead atoms. The Balaban J connectivity index is 3.54. The summed E-state index contributed by atoms with van der Waals surface area (Å²) in [4.78, 5) is 0. The van der Waals surface area contributed by atoms with Crippen LogP contribution in [0.4, 0.5) is 0 Å². The van der Waals surface area contributed by atoms with E-state index in [-0.39, 0.29) is 0 Å². The van der Waals surface area contributed by atoms with Gasteiger partial charge in [0.1, 0.15) is 0 Å². The van der Waals surface area contributed by atoms with Crippen molar-refractivity contribution in [2.45, 2.75) is 142 Å². The molecule has 0 aromatic heterocycles. The van der Waals surface area contributed by atoms with Crippen LogP contribution in [0.25, 0.3) is 0 Å². The molecule has 0 saturated heterocycles. The lowest BCUT2D eigenvalue weighted by atomic mass is 10.1. The van der Waals surface area contributed by atoms with Crippen LogP contribution in [-0.4, -0.2) is 15.6 Å². The zero-order chi connectivity index (χ0) is 18.4. The lowest BCUT2D eigenvalue weighted by molar-refractivity contribution is 0.315. The quantitative estimate of drug-likeness (QED) is 0.145. The molecule has 0 aromatic rings. The smallest absolute Gasteiger partial charge is 0.211 e. The predicted molar refractivity (Wildman–Crippen MR) is 117 cm³/mol. The summed E-state index contributed by atoms with van der Waals surface area (Å²) >= 11 is 0. The van der Waals surface area contributed by atoms with E-state index in [0.29, 0.717) is 0 Å². The van der Waals surface area contributed by atoms with E-state index in [1.54, 1.807) is 0 Å². The van der Waals surface area contributed by atoms with Crippen LogP contribution in [0.1, 0.15) is 130 Å². The Morgan fingerprint density at radius 1 is 0.440 bits per heavy atom. The van der Waals surface area contributed by atoms with Gasteiger partial charge in [0.05, 0.1) is 0 Å². The number of hydrogen-bond donors (Lipinski definition) is 0. The maximum Gasteiger partial charge on any atom is 0.211 e. The second kappa shape index (κ2) is 22.2. The van der Waals surface area contributed by atoms with Gasteiger partial charge in [-0.15, -0.1) is 0 Å². The van der Waals surface area contributed by atoms with E-state index in [2.05, 4.69) is 20.8 Å². The van der Waals surface area contributed by atoms with Gasteiger partial charge in [0, 0.05) is 6.61 Å². The molecule has 0 heterocycles. The molecule has 1 nitrogen and oxygen atoms in total. The minimum atomic E-state index is -0.509. The third-order valence-corrected chi connectivity index (χ3v) is 7.56. The molecule has 25 heavy (non-hydrogen) atoms. The average Bonchev–Trinajstić information content (AvgIpc) is 2.63. The Kier molecular flexibility index (Phi) is 22.4. The molecule has 0 saturated carbocycles. The molecule has 0 aliphatic carbocycles. The Bertz CT molecular complexity index is 212. The van der Waals surface area contributed by atoms with Crippen LogP contribution in [0.15, 0.2) is 0 Å². The molecule has 0 fully saturated rings. The summed E-state index contributed by atoms with van der Waals surface area (Å²) in [5.41, 5.74) is 0. The minimum Gasteiger partial charge on any atom is -0.417 e. The summed E-state index contributed by atoms with van der Waals surface area (Å²) in [6, 6.07) is 2.80. The molecule has 2 heteroatoms. The third-order valence-electron chi connectivity index (χ3n) is 5.13. The molecule has 0 N–H and O–H groups in total. The van der Waals surface area contributed by atoms with Gasteiger partial charge < -0.3 is 4.43 Å². The average molecular weight is 370 g/mol. The van der Waals surface area contributed by atoms with E-state index in [1.165, 1.54) is 121 Å². The summed E-state index contributed by atoms with van der Waals surface area (Å²) in [6.07, 6.45) is 24.1. The Hall–Kier alpha value is 0.177. The van der Waals surface area contributed by atoms with Crippen molar-refractivity contribution in [2.24, 2.45) is 0 Å². The fourth-order valence-electron chi connectivity index (χ4n) is 3.43. The maximum atomic E-state index is 6.21. The molecular weight excluding hydrogens is 320 g/mol. The van der Waals surface area contributed by atoms with E-state index < -0.39 is 9.04 Å². The molecule has 0 spiro atoms. The molecular formula is C23H49OSi. The first-order valence-corrected chi connectivity index (χ1v) is 13.6. The zero-order valence-corrected chi connectivity index (χ0v) is 19.1. The molecule has 0 atom stereocenters. The fourth-order valence-corrected chi connectivity index (χ4v) is 5.75. The van der Waals surface area contributed by atoms with Crippen molar-refractivity contribution >= 4 is 9.04 Å². The van der Waals surface area contributed by atoms with Gasteiger partial charge in [-0.2, -0.15) is 0 Å². The molecule has 0 amide bonds. The Labute approximate surface area is 162 Å². The van der Waals surface area contributed by atoms with Gasteiger partial charge >= 0.3 is 0 Å². The highest BCUT2D eigenvalue weighted by atomic mass is 28.3. The molecule has 0 aliphatic heterocycles. The predicted octanol–water partition coefficient (Wildman–Crippen LogP) is 8.69. The molecule has 0 unspecified atom stereocenters. The topological polar surface area (TPSA) is 9.23 Å². The van der Waals surface area contributed by atoms with Gasteiger partial charge in [-0.1, -0.05) is 124 Å². The number of hydrogen-bond acceptors (Lipinski definition) is 1. The highest BCUT2D eigenvalue weighted by Crippen LogP contribution is 2.16. The first-order chi connectivity index (χ1) is 12.3. The zero-order valence-electron chi connectivity index (χ0n) is 18.1. The van der Waals surface area contributed by atoms with E-state index >= 15 is 0 Å². The molecule has 0 aliphatic rings. The van der Waals surface area contributed by atoms with Crippen molar-refractivity contribution in [1.29, 1.82) is 0 Å². The molecule has 0 rings (SSSR count). The van der Waals surface area contributed by atoms with Gasteiger partial charge in [-0.3, -0.25) is 0 Å². The van der Waals surface area contributed by atoms with Crippen LogP contribution in [0.5, 0.6) is 0 Å². The lowest BCUT2D eigenvalue weighted by Crippen LogP contribution is -2.18. The molecule has 1 radical (unpaired) electrons. The van der Waals surface area contributed by atoms with Crippen molar-refractivity contribution < 1.29 is 4.43 Å². The summed E-state index contributed by atoms with van der Waals surface area (Å²) in [7, 11) is -0.509. The maximum absolute atomic E-state index is 6.21. The first-order valence-electron chi connectivity index (χ1n) is 11.8. The Morgan fingerprint density at radius 3 is 1.16 bits per heavy atom. The van der Waals surface area contributed by atoms with Gasteiger partial charge in [0.25, 0.3) is 0 Å². The third kappa shape index (κ3) is 20.3. The number of unbranched alkanes of at least 4 members (excludes halogenated alkanes) is 14. The molecule has 151 valence electrons. The fraction of sp³-hybridized carbons (Fsp3) is 1.00. The highest BCUT2D eigenvalue weighted by molar-refractivity contribution is 6.51. The van der Waals surface area contributed by atoms with Crippen LogP contribution >= 0.6 is 0 Å². The largest absolute Gasteiger partial charge is 0.417 e. The summed E-state index contributed by atoms with van der Waals surface area (Å²) < 4.78 is 6.21. The molecule has 0 aromatic carbocycles. The van der Waals surface area contributed by atoms with Crippen molar-refractivity contribution in [3.05, 3.63) is 0 Å². The SMILES string of the molecule is CCCCCCCCCC[Si](CCCCCCCCCC)OCCC. The van der Waals surface area contributed by atoms with Crippen LogP contribution in [-0.2, 0) is 4.43 Å². The van der Waals surface area contributed by atoms with Crippen LogP contribution in [0, 0.1) is 0 Å². The van der Waals surface area contributed by atoms with E-state index in [9.17, 15) is 0 Å². The van der Waals surface area contributed by atoms with E-state index in [0.717, 1.165) is 6.61 Å². The summed E-state index contributed by atoms with van der Waals surface area (Å²) in [6.45, 7) is 7.84. The second-order valence-corrected chi connectivity index (χ2v) is 10.2. The van der Waals surface area contributed by atoms with Gasteiger partial charge in [-0.25, -0.2) is 0 Å². The van der Waals surface area contributed by atoms with Crippen LogP contribution in [0.2, 0.25) is 12.1 Å². The van der Waals surface area contributed by atoms with E-state index in [4.69, 9.17) is 4.43 Å². The van der Waals surface area contributed by atoms with Gasteiger partial charge in [0.15, 0.2) is 0 Å². The standard InChI is InChI=1S/C23H49OSi/c1-4-7-9-11-13-15-17-19-22-25(24-21-6-3)23-20-18-16-14-12-10-8-5-2/h4-23H2,1-3H3. The minimum absolute atomic E-state index is 0.509. The lowest BCUT2D eigenvalue weighted by Gasteiger charge is -2.15. The van der Waals surface area contributed by atoms with Crippen molar-refractivity contribution in [2.75, 3.05) is 6.61 Å². The number of rotatable bonds is 21. The van der Waals surface area contributed by atoms with Crippen LogP contribution in [0.3, 0.4) is 0 Å². The van der Waals surface area contributed by atoms with Crippen molar-refractivity contribution in [1.82, 2.24) is 0 Å². The highest BCUT2D eigenvalue weighted by Gasteiger charge is 2.12.